The lowest BCUT2D eigenvalue weighted by Gasteiger charge is -2.23. The van der Waals surface area contributed by atoms with Gasteiger partial charge < -0.3 is 9.69 Å². The fourth-order valence-corrected chi connectivity index (χ4v) is 2.86. The molecule has 0 bridgehead atoms. The molecule has 0 unspecified atom stereocenters. The monoisotopic (exact) mass is 267 g/mol. The molecule has 1 aliphatic rings. The molecule has 0 aromatic heterocycles. The lowest BCUT2D eigenvalue weighted by Crippen LogP contribution is -2.38. The van der Waals surface area contributed by atoms with Crippen molar-refractivity contribution < 1.29 is 9.59 Å². The molecule has 1 aliphatic heterocycles. The van der Waals surface area contributed by atoms with Crippen LogP contribution in [0.4, 0.5) is 0 Å². The van der Waals surface area contributed by atoms with E-state index in [-0.39, 0.29) is 11.9 Å². The van der Waals surface area contributed by atoms with Crippen molar-refractivity contribution in [2.75, 3.05) is 6.54 Å². The van der Waals surface area contributed by atoms with Crippen LogP contribution in [0.3, 0.4) is 0 Å². The predicted molar refractivity (Wildman–Crippen MR) is 78.5 cm³/mol. The van der Waals surface area contributed by atoms with Gasteiger partial charge in [0.1, 0.15) is 6.29 Å². The van der Waals surface area contributed by atoms with Crippen molar-refractivity contribution in [3.05, 3.63) is 48.0 Å². The number of hydrogen-bond donors (Lipinski definition) is 0. The second-order valence-electron chi connectivity index (χ2n) is 5.28. The van der Waals surface area contributed by atoms with E-state index in [0.29, 0.717) is 19.4 Å². The van der Waals surface area contributed by atoms with Crippen LogP contribution in [0.2, 0.25) is 0 Å². The summed E-state index contributed by atoms with van der Waals surface area (Å²) in [5, 5.41) is 2.36. The Kier molecular flexibility index (Phi) is 3.50. The second kappa shape index (κ2) is 5.45. The Bertz CT molecular complexity index is 650. The van der Waals surface area contributed by atoms with Gasteiger partial charge in [-0.15, -0.1) is 0 Å². The van der Waals surface area contributed by atoms with Crippen molar-refractivity contribution in [2.45, 2.75) is 25.3 Å². The molecule has 102 valence electrons. The summed E-state index contributed by atoms with van der Waals surface area (Å²) in [6.07, 6.45) is 2.93. The molecule has 0 N–H and O–H groups in total. The van der Waals surface area contributed by atoms with Crippen LogP contribution in [0, 0.1) is 0 Å². The minimum absolute atomic E-state index is 0.0999. The molecule has 20 heavy (non-hydrogen) atoms. The van der Waals surface area contributed by atoms with Gasteiger partial charge in [-0.1, -0.05) is 42.5 Å². The van der Waals surface area contributed by atoms with Crippen LogP contribution >= 0.6 is 0 Å². The first-order valence-corrected chi connectivity index (χ1v) is 7.00. The quantitative estimate of drug-likeness (QED) is 0.798. The summed E-state index contributed by atoms with van der Waals surface area (Å²) in [5.41, 5.74) is 1.10. The van der Waals surface area contributed by atoms with Crippen molar-refractivity contribution in [3.63, 3.8) is 0 Å². The van der Waals surface area contributed by atoms with Crippen LogP contribution in [0.1, 0.15) is 18.4 Å². The van der Waals surface area contributed by atoms with E-state index in [4.69, 9.17) is 0 Å². The molecule has 0 spiro atoms. The average Bonchev–Trinajstić information content (AvgIpc) is 2.91. The first-order chi connectivity index (χ1) is 9.78. The topological polar surface area (TPSA) is 37.4 Å². The number of amides is 1. The number of carbonyl (C=O) groups excluding carboxylic acids is 2. The molecule has 0 aliphatic carbocycles. The maximum absolute atomic E-state index is 11.7. The highest BCUT2D eigenvalue weighted by molar-refractivity contribution is 5.84. The lowest BCUT2D eigenvalue weighted by molar-refractivity contribution is -0.132. The Hall–Kier alpha value is -2.16. The minimum atomic E-state index is -0.328. The van der Waals surface area contributed by atoms with E-state index in [9.17, 15) is 9.59 Å². The summed E-state index contributed by atoms with van der Waals surface area (Å²) in [6.45, 7) is 0.704. The van der Waals surface area contributed by atoms with Gasteiger partial charge in [0, 0.05) is 13.0 Å². The van der Waals surface area contributed by atoms with E-state index >= 15 is 0 Å². The molecule has 0 radical (unpaired) electrons. The third-order valence-corrected chi connectivity index (χ3v) is 3.93. The van der Waals surface area contributed by atoms with E-state index in [1.165, 1.54) is 10.8 Å². The SMILES string of the molecule is O=C[C@@H](Cc1ccc2ccccc2c1)N1CCCC1=O. The van der Waals surface area contributed by atoms with Gasteiger partial charge in [0.05, 0.1) is 6.04 Å². The highest BCUT2D eigenvalue weighted by Crippen LogP contribution is 2.19. The van der Waals surface area contributed by atoms with Gasteiger partial charge in [0.2, 0.25) is 5.91 Å². The lowest BCUT2D eigenvalue weighted by atomic mass is 10.0. The Morgan fingerprint density at radius 3 is 2.65 bits per heavy atom. The first-order valence-electron chi connectivity index (χ1n) is 7.00. The summed E-state index contributed by atoms with van der Waals surface area (Å²) in [5.74, 6) is 0.0999. The maximum atomic E-state index is 11.7. The number of carbonyl (C=O) groups is 2. The van der Waals surface area contributed by atoms with Crippen LogP contribution in [0.25, 0.3) is 10.8 Å². The minimum Gasteiger partial charge on any atom is -0.333 e. The number of benzene rings is 2. The summed E-state index contributed by atoms with van der Waals surface area (Å²) in [6, 6.07) is 14.0. The molecule has 0 saturated carbocycles. The van der Waals surface area contributed by atoms with E-state index in [1.807, 2.05) is 18.2 Å². The Morgan fingerprint density at radius 2 is 1.95 bits per heavy atom. The van der Waals surface area contributed by atoms with Crippen LogP contribution in [0.5, 0.6) is 0 Å². The fraction of sp³-hybridized carbons (Fsp3) is 0.294. The van der Waals surface area contributed by atoms with Crippen molar-refractivity contribution in [3.8, 4) is 0 Å². The summed E-state index contributed by atoms with van der Waals surface area (Å²) in [4.78, 5) is 24.8. The molecular weight excluding hydrogens is 250 g/mol. The van der Waals surface area contributed by atoms with Gasteiger partial charge in [-0.05, 0) is 29.2 Å². The fourth-order valence-electron chi connectivity index (χ4n) is 2.86. The molecule has 2 aromatic carbocycles. The maximum Gasteiger partial charge on any atom is 0.223 e. The third kappa shape index (κ3) is 2.44. The number of fused-ring (bicyclic) bond motifs is 1. The molecule has 3 rings (SSSR count). The van der Waals surface area contributed by atoms with Crippen LogP contribution in [-0.2, 0) is 16.0 Å². The van der Waals surface area contributed by atoms with Gasteiger partial charge in [-0.25, -0.2) is 0 Å². The molecule has 1 heterocycles. The van der Waals surface area contributed by atoms with E-state index < -0.39 is 0 Å². The normalized spacial score (nSPS) is 16.6. The van der Waals surface area contributed by atoms with Crippen LogP contribution < -0.4 is 0 Å². The Labute approximate surface area is 118 Å². The van der Waals surface area contributed by atoms with Crippen molar-refractivity contribution in [1.82, 2.24) is 4.90 Å². The molecule has 1 amide bonds. The molecule has 1 atom stereocenters. The average molecular weight is 267 g/mol. The number of likely N-dealkylation sites (tertiary alicyclic amines) is 1. The molecular formula is C17H17NO2. The number of nitrogens with zero attached hydrogens (tertiary/aromatic N) is 1. The molecule has 1 fully saturated rings. The van der Waals surface area contributed by atoms with Crippen LogP contribution in [0.15, 0.2) is 42.5 Å². The van der Waals surface area contributed by atoms with E-state index in [0.717, 1.165) is 18.3 Å². The summed E-state index contributed by atoms with van der Waals surface area (Å²) >= 11 is 0. The van der Waals surface area contributed by atoms with Crippen molar-refractivity contribution in [2.24, 2.45) is 0 Å². The Balaban J connectivity index is 1.83. The summed E-state index contributed by atoms with van der Waals surface area (Å²) in [7, 11) is 0. The Morgan fingerprint density at radius 1 is 1.15 bits per heavy atom. The predicted octanol–water partition coefficient (Wildman–Crippen LogP) is 2.57. The third-order valence-electron chi connectivity index (χ3n) is 3.93. The van der Waals surface area contributed by atoms with Gasteiger partial charge in [0.25, 0.3) is 0 Å². The van der Waals surface area contributed by atoms with Crippen molar-refractivity contribution >= 4 is 23.0 Å². The van der Waals surface area contributed by atoms with E-state index in [1.54, 1.807) is 4.90 Å². The first kappa shape index (κ1) is 12.9. The summed E-state index contributed by atoms with van der Waals surface area (Å²) < 4.78 is 0. The number of hydrogen-bond acceptors (Lipinski definition) is 2. The molecule has 3 nitrogen and oxygen atoms in total. The van der Waals surface area contributed by atoms with Gasteiger partial charge >= 0.3 is 0 Å². The molecule has 3 heteroatoms. The van der Waals surface area contributed by atoms with Gasteiger partial charge in [-0.3, -0.25) is 4.79 Å². The van der Waals surface area contributed by atoms with Gasteiger partial charge in [0.15, 0.2) is 0 Å². The molecule has 1 saturated heterocycles. The standard InChI is InChI=1S/C17H17NO2/c19-12-16(18-9-3-6-17(18)20)11-13-7-8-14-4-1-2-5-15(14)10-13/h1-2,4-5,7-8,10,12,16H,3,6,9,11H2/t16-/m1/s1. The number of aldehydes is 1. The smallest absolute Gasteiger partial charge is 0.223 e. The molecule has 2 aromatic rings. The van der Waals surface area contributed by atoms with Crippen molar-refractivity contribution in [1.29, 1.82) is 0 Å². The van der Waals surface area contributed by atoms with Gasteiger partial charge in [-0.2, -0.15) is 0 Å². The second-order valence-corrected chi connectivity index (χ2v) is 5.28. The van der Waals surface area contributed by atoms with E-state index in [2.05, 4.69) is 24.3 Å². The zero-order valence-electron chi connectivity index (χ0n) is 11.3. The highest BCUT2D eigenvalue weighted by atomic mass is 16.2. The van der Waals surface area contributed by atoms with Crippen LogP contribution in [-0.4, -0.2) is 29.7 Å². The largest absolute Gasteiger partial charge is 0.333 e. The highest BCUT2D eigenvalue weighted by Gasteiger charge is 2.27. The number of rotatable bonds is 4. The zero-order valence-corrected chi connectivity index (χ0v) is 11.3. The zero-order chi connectivity index (χ0) is 13.9.